The molecule has 1 aromatic heterocycles. The van der Waals surface area contributed by atoms with Crippen molar-refractivity contribution < 1.29 is 0 Å². The average molecular weight is 268 g/mol. The average Bonchev–Trinajstić information content (AvgIpc) is 2.47. The molecule has 1 saturated heterocycles. The van der Waals surface area contributed by atoms with Crippen molar-refractivity contribution >= 4 is 5.95 Å². The van der Waals surface area contributed by atoms with Gasteiger partial charge in [-0.05, 0) is 25.3 Å². The normalized spacial score (nSPS) is 19.1. The third-order valence-corrected chi connectivity index (χ3v) is 3.73. The maximum absolute atomic E-state index is 6.00. The van der Waals surface area contributed by atoms with E-state index in [1.165, 1.54) is 5.56 Å². The van der Waals surface area contributed by atoms with E-state index in [1.807, 2.05) is 12.4 Å². The van der Waals surface area contributed by atoms with E-state index in [1.54, 1.807) is 0 Å². The van der Waals surface area contributed by atoms with Gasteiger partial charge in [-0.3, -0.25) is 0 Å². The first-order valence-electron chi connectivity index (χ1n) is 7.12. The molecule has 1 atom stereocenters. The second-order valence-electron chi connectivity index (χ2n) is 5.49. The topological polar surface area (TPSA) is 55.0 Å². The molecular weight excluding hydrogens is 248 g/mol. The van der Waals surface area contributed by atoms with Crippen molar-refractivity contribution in [3.8, 4) is 11.1 Å². The number of piperidine rings is 1. The second kappa shape index (κ2) is 5.59. The molecule has 0 aliphatic carbocycles. The Hall–Kier alpha value is -1.94. The van der Waals surface area contributed by atoms with Crippen LogP contribution < -0.4 is 10.6 Å². The number of aryl methyl sites for hydroxylation is 1. The van der Waals surface area contributed by atoms with Gasteiger partial charge in [-0.15, -0.1) is 0 Å². The Morgan fingerprint density at radius 1 is 1.20 bits per heavy atom. The highest BCUT2D eigenvalue weighted by Crippen LogP contribution is 2.21. The summed E-state index contributed by atoms with van der Waals surface area (Å²) in [5.74, 6) is 0.788. The summed E-state index contributed by atoms with van der Waals surface area (Å²) in [4.78, 5) is 11.2. The minimum atomic E-state index is 0.240. The summed E-state index contributed by atoms with van der Waals surface area (Å²) >= 11 is 0. The standard InChI is InChI=1S/C16H20N4/c1-12-4-2-5-13(8-12)14-9-18-16(19-10-14)20-7-3-6-15(17)11-20/h2,4-5,8-10,15H,3,6-7,11,17H2,1H3. The Kier molecular flexibility index (Phi) is 3.65. The fourth-order valence-corrected chi connectivity index (χ4v) is 2.65. The molecule has 20 heavy (non-hydrogen) atoms. The zero-order chi connectivity index (χ0) is 13.9. The molecule has 0 amide bonds. The highest BCUT2D eigenvalue weighted by atomic mass is 15.3. The van der Waals surface area contributed by atoms with Gasteiger partial charge in [0.05, 0.1) is 0 Å². The van der Waals surface area contributed by atoms with E-state index in [0.717, 1.165) is 43.0 Å². The lowest BCUT2D eigenvalue weighted by molar-refractivity contribution is 0.500. The van der Waals surface area contributed by atoms with E-state index >= 15 is 0 Å². The number of nitrogens with zero attached hydrogens (tertiary/aromatic N) is 3. The molecule has 4 heteroatoms. The summed E-state index contributed by atoms with van der Waals surface area (Å²) in [5.41, 5.74) is 9.46. The molecule has 0 bridgehead atoms. The van der Waals surface area contributed by atoms with Crippen LogP contribution in [0.15, 0.2) is 36.7 Å². The van der Waals surface area contributed by atoms with Crippen molar-refractivity contribution in [1.82, 2.24) is 9.97 Å². The Balaban J connectivity index is 1.80. The van der Waals surface area contributed by atoms with Gasteiger partial charge in [-0.1, -0.05) is 29.8 Å². The van der Waals surface area contributed by atoms with Crippen LogP contribution in [0, 0.1) is 6.92 Å². The summed E-state index contributed by atoms with van der Waals surface area (Å²) in [6.45, 7) is 3.94. The molecule has 104 valence electrons. The molecule has 3 rings (SSSR count). The Labute approximate surface area is 119 Å². The second-order valence-corrected chi connectivity index (χ2v) is 5.49. The quantitative estimate of drug-likeness (QED) is 0.908. The van der Waals surface area contributed by atoms with Crippen molar-refractivity contribution in [3.63, 3.8) is 0 Å². The summed E-state index contributed by atoms with van der Waals surface area (Å²) in [5, 5.41) is 0. The van der Waals surface area contributed by atoms with Crippen LogP contribution in [-0.4, -0.2) is 29.1 Å². The molecule has 2 aromatic rings. The zero-order valence-electron chi connectivity index (χ0n) is 11.8. The number of nitrogens with two attached hydrogens (primary N) is 1. The lowest BCUT2D eigenvalue weighted by Gasteiger charge is -2.30. The van der Waals surface area contributed by atoms with Gasteiger partial charge >= 0.3 is 0 Å². The van der Waals surface area contributed by atoms with Crippen LogP contribution in [0.3, 0.4) is 0 Å². The number of rotatable bonds is 2. The van der Waals surface area contributed by atoms with Gasteiger partial charge in [0, 0.05) is 37.1 Å². The van der Waals surface area contributed by atoms with Gasteiger partial charge in [0.1, 0.15) is 0 Å². The molecule has 1 aromatic carbocycles. The monoisotopic (exact) mass is 268 g/mol. The van der Waals surface area contributed by atoms with Crippen molar-refractivity contribution in [2.24, 2.45) is 5.73 Å². The van der Waals surface area contributed by atoms with Gasteiger partial charge in [0.25, 0.3) is 0 Å². The van der Waals surface area contributed by atoms with Crippen LogP contribution in [0.1, 0.15) is 18.4 Å². The van der Waals surface area contributed by atoms with Crippen LogP contribution in [0.5, 0.6) is 0 Å². The van der Waals surface area contributed by atoms with Gasteiger partial charge in [0.2, 0.25) is 5.95 Å². The van der Waals surface area contributed by atoms with Crippen molar-refractivity contribution in [3.05, 3.63) is 42.2 Å². The number of hydrogen-bond donors (Lipinski definition) is 1. The summed E-state index contributed by atoms with van der Waals surface area (Å²) in [7, 11) is 0. The van der Waals surface area contributed by atoms with E-state index in [2.05, 4.69) is 46.1 Å². The van der Waals surface area contributed by atoms with Crippen molar-refractivity contribution in [2.45, 2.75) is 25.8 Å². The van der Waals surface area contributed by atoms with Crippen LogP contribution in [-0.2, 0) is 0 Å². The number of anilines is 1. The van der Waals surface area contributed by atoms with Gasteiger partial charge in [-0.25, -0.2) is 9.97 Å². The minimum Gasteiger partial charge on any atom is -0.339 e. The van der Waals surface area contributed by atoms with E-state index in [-0.39, 0.29) is 6.04 Å². The zero-order valence-corrected chi connectivity index (χ0v) is 11.8. The molecule has 2 N–H and O–H groups in total. The first-order chi connectivity index (χ1) is 9.72. The largest absolute Gasteiger partial charge is 0.339 e. The van der Waals surface area contributed by atoms with E-state index in [4.69, 9.17) is 5.73 Å². The molecule has 1 fully saturated rings. The SMILES string of the molecule is Cc1cccc(-c2cnc(N3CCCC(N)C3)nc2)c1. The van der Waals surface area contributed by atoms with Crippen LogP contribution >= 0.6 is 0 Å². The van der Waals surface area contributed by atoms with Gasteiger partial charge in [-0.2, -0.15) is 0 Å². The minimum absolute atomic E-state index is 0.240. The maximum atomic E-state index is 6.00. The smallest absolute Gasteiger partial charge is 0.225 e. The third kappa shape index (κ3) is 2.80. The Bertz CT molecular complexity index is 579. The molecule has 1 aliphatic heterocycles. The fraction of sp³-hybridized carbons (Fsp3) is 0.375. The predicted molar refractivity (Wildman–Crippen MR) is 81.6 cm³/mol. The maximum Gasteiger partial charge on any atom is 0.225 e. The highest BCUT2D eigenvalue weighted by molar-refractivity contribution is 5.62. The molecule has 0 saturated carbocycles. The molecule has 1 aliphatic rings. The van der Waals surface area contributed by atoms with Crippen molar-refractivity contribution in [2.75, 3.05) is 18.0 Å². The van der Waals surface area contributed by atoms with Crippen molar-refractivity contribution in [1.29, 1.82) is 0 Å². The number of hydrogen-bond acceptors (Lipinski definition) is 4. The van der Waals surface area contributed by atoms with E-state index in [9.17, 15) is 0 Å². The van der Waals surface area contributed by atoms with E-state index in [0.29, 0.717) is 0 Å². The molecule has 0 spiro atoms. The Morgan fingerprint density at radius 2 is 2.00 bits per heavy atom. The van der Waals surface area contributed by atoms with Gasteiger partial charge in [0.15, 0.2) is 0 Å². The lowest BCUT2D eigenvalue weighted by atomic mass is 10.1. The van der Waals surface area contributed by atoms with Crippen LogP contribution in [0.25, 0.3) is 11.1 Å². The summed E-state index contributed by atoms with van der Waals surface area (Å²) < 4.78 is 0. The third-order valence-electron chi connectivity index (χ3n) is 3.73. The summed E-state index contributed by atoms with van der Waals surface area (Å²) in [6.07, 6.45) is 6.01. The predicted octanol–water partition coefficient (Wildman–Crippen LogP) is 2.38. The van der Waals surface area contributed by atoms with E-state index < -0.39 is 0 Å². The molecule has 1 unspecified atom stereocenters. The number of benzene rings is 1. The fourth-order valence-electron chi connectivity index (χ4n) is 2.65. The summed E-state index contributed by atoms with van der Waals surface area (Å²) in [6, 6.07) is 8.62. The van der Waals surface area contributed by atoms with Crippen LogP contribution in [0.4, 0.5) is 5.95 Å². The molecule has 4 nitrogen and oxygen atoms in total. The first-order valence-corrected chi connectivity index (χ1v) is 7.12. The van der Waals surface area contributed by atoms with Gasteiger partial charge < -0.3 is 10.6 Å². The molecule has 0 radical (unpaired) electrons. The van der Waals surface area contributed by atoms with Crippen LogP contribution in [0.2, 0.25) is 0 Å². The molecule has 2 heterocycles. The number of aromatic nitrogens is 2. The highest BCUT2D eigenvalue weighted by Gasteiger charge is 2.18. The molecular formula is C16H20N4. The first kappa shape index (κ1) is 13.1. The lowest BCUT2D eigenvalue weighted by Crippen LogP contribution is -2.43. The Morgan fingerprint density at radius 3 is 2.70 bits per heavy atom.